The molecule has 2 N–H and O–H groups in total. The molecule has 0 radical (unpaired) electrons. The number of aromatic amines is 1. The maximum absolute atomic E-state index is 12.7. The third-order valence-electron chi connectivity index (χ3n) is 5.70. The van der Waals surface area contributed by atoms with Crippen molar-refractivity contribution in [1.29, 1.82) is 0 Å². The predicted molar refractivity (Wildman–Crippen MR) is 104 cm³/mol. The Bertz CT molecular complexity index is 894. The fraction of sp³-hybridized carbons (Fsp3) is 0.381. The number of likely N-dealkylation sites (N-methyl/N-ethyl adjacent to an activating group) is 1. The number of aromatic nitrogens is 2. The molecule has 1 aliphatic carbocycles. The molecule has 2 aliphatic rings. The molecule has 1 aromatic heterocycles. The van der Waals surface area contributed by atoms with Gasteiger partial charge in [0.2, 0.25) is 5.91 Å². The molecule has 146 valence electrons. The maximum Gasteiger partial charge on any atom is 0.254 e. The first-order valence-corrected chi connectivity index (χ1v) is 9.36. The van der Waals surface area contributed by atoms with E-state index >= 15 is 0 Å². The Morgan fingerprint density at radius 1 is 1.29 bits per heavy atom. The molecular weight excluding hydrogens is 356 g/mol. The highest BCUT2D eigenvalue weighted by Gasteiger charge is 2.51. The SMILES string of the molecule is C=CC1(C(=O)N(C)CC2(O)CN(C(=O)c3ccc(-c4cn[nH]c4)cc3)C2)CC1. The molecule has 1 saturated carbocycles. The Balaban J connectivity index is 1.34. The smallest absolute Gasteiger partial charge is 0.254 e. The van der Waals surface area contributed by atoms with Crippen molar-refractivity contribution in [2.24, 2.45) is 5.41 Å². The van der Waals surface area contributed by atoms with Gasteiger partial charge >= 0.3 is 0 Å². The molecule has 4 rings (SSSR count). The van der Waals surface area contributed by atoms with Crippen molar-refractivity contribution >= 4 is 11.8 Å². The molecular formula is C21H24N4O3. The number of likely N-dealkylation sites (tertiary alicyclic amines) is 1. The first kappa shape index (κ1) is 18.4. The van der Waals surface area contributed by atoms with Crippen LogP contribution in [0.25, 0.3) is 11.1 Å². The maximum atomic E-state index is 12.7. The van der Waals surface area contributed by atoms with Crippen LogP contribution in [0.3, 0.4) is 0 Å². The Morgan fingerprint density at radius 3 is 2.50 bits per heavy atom. The number of β-amino-alcohol motifs (C(OH)–C–C–N with tert-alkyl or cyclic N) is 1. The van der Waals surface area contributed by atoms with Gasteiger partial charge in [-0.2, -0.15) is 5.10 Å². The quantitative estimate of drug-likeness (QED) is 0.747. The van der Waals surface area contributed by atoms with E-state index in [1.807, 2.05) is 12.1 Å². The number of H-pyrrole nitrogens is 1. The monoisotopic (exact) mass is 380 g/mol. The van der Waals surface area contributed by atoms with Crippen molar-refractivity contribution in [2.75, 3.05) is 26.7 Å². The molecule has 2 amide bonds. The van der Waals surface area contributed by atoms with Crippen molar-refractivity contribution in [3.8, 4) is 11.1 Å². The molecule has 2 aromatic rings. The van der Waals surface area contributed by atoms with Crippen molar-refractivity contribution in [2.45, 2.75) is 18.4 Å². The lowest BCUT2D eigenvalue weighted by molar-refractivity contribution is -0.143. The molecule has 1 aliphatic heterocycles. The number of hydrogen-bond donors (Lipinski definition) is 2. The molecule has 0 bridgehead atoms. The van der Waals surface area contributed by atoms with Crippen LogP contribution in [0.2, 0.25) is 0 Å². The van der Waals surface area contributed by atoms with E-state index in [1.165, 1.54) is 0 Å². The molecule has 2 heterocycles. The minimum absolute atomic E-state index is 0.00413. The van der Waals surface area contributed by atoms with Crippen LogP contribution in [-0.4, -0.2) is 69.2 Å². The van der Waals surface area contributed by atoms with E-state index in [0.717, 1.165) is 24.0 Å². The van der Waals surface area contributed by atoms with Crippen molar-refractivity contribution in [3.05, 3.63) is 54.9 Å². The second-order valence-electron chi connectivity index (χ2n) is 7.97. The van der Waals surface area contributed by atoms with Crippen LogP contribution in [0.1, 0.15) is 23.2 Å². The standard InChI is InChI=1S/C21H24N4O3/c1-3-20(8-9-20)19(27)24(2)12-21(28)13-25(14-21)18(26)16-6-4-15(5-7-16)17-10-22-23-11-17/h3-7,10-11,28H,1,8-9,12-14H2,2H3,(H,22,23). The Hall–Kier alpha value is -2.93. The molecule has 1 saturated heterocycles. The van der Waals surface area contributed by atoms with Gasteiger partial charge in [0, 0.05) is 24.4 Å². The third-order valence-corrected chi connectivity index (χ3v) is 5.70. The molecule has 7 heteroatoms. The lowest BCUT2D eigenvalue weighted by Gasteiger charge is -2.48. The lowest BCUT2D eigenvalue weighted by atomic mass is 9.91. The largest absolute Gasteiger partial charge is 0.384 e. The van der Waals surface area contributed by atoms with Gasteiger partial charge in [-0.25, -0.2) is 0 Å². The Labute approximate surface area is 163 Å². The zero-order chi connectivity index (χ0) is 19.9. The van der Waals surface area contributed by atoms with E-state index in [4.69, 9.17) is 0 Å². The highest BCUT2D eigenvalue weighted by Crippen LogP contribution is 2.48. The summed E-state index contributed by atoms with van der Waals surface area (Å²) < 4.78 is 0. The molecule has 0 spiro atoms. The first-order valence-electron chi connectivity index (χ1n) is 9.36. The van der Waals surface area contributed by atoms with E-state index < -0.39 is 11.0 Å². The summed E-state index contributed by atoms with van der Waals surface area (Å²) in [4.78, 5) is 28.3. The van der Waals surface area contributed by atoms with Crippen LogP contribution >= 0.6 is 0 Å². The number of hydrogen-bond acceptors (Lipinski definition) is 4. The number of amides is 2. The van der Waals surface area contributed by atoms with Gasteiger partial charge in [0.15, 0.2) is 0 Å². The topological polar surface area (TPSA) is 89.5 Å². The summed E-state index contributed by atoms with van der Waals surface area (Å²) in [6.45, 7) is 4.40. The van der Waals surface area contributed by atoms with Gasteiger partial charge in [0.1, 0.15) is 5.60 Å². The van der Waals surface area contributed by atoms with E-state index in [2.05, 4.69) is 16.8 Å². The number of carbonyl (C=O) groups excluding carboxylic acids is 2. The molecule has 0 unspecified atom stereocenters. The minimum atomic E-state index is -1.06. The molecule has 1 aromatic carbocycles. The van der Waals surface area contributed by atoms with Gasteiger partial charge in [-0.1, -0.05) is 18.2 Å². The lowest BCUT2D eigenvalue weighted by Crippen LogP contribution is -2.67. The molecule has 28 heavy (non-hydrogen) atoms. The Kier molecular flexibility index (Phi) is 4.34. The highest BCUT2D eigenvalue weighted by atomic mass is 16.3. The summed E-state index contributed by atoms with van der Waals surface area (Å²) in [5.41, 5.74) is 0.997. The average Bonchev–Trinajstić information content (AvgIpc) is 3.29. The normalized spacial score (nSPS) is 18.9. The highest BCUT2D eigenvalue weighted by molar-refractivity contribution is 5.95. The van der Waals surface area contributed by atoms with Crippen LogP contribution in [0.15, 0.2) is 49.3 Å². The fourth-order valence-electron chi connectivity index (χ4n) is 3.84. The minimum Gasteiger partial charge on any atom is -0.384 e. The fourth-order valence-corrected chi connectivity index (χ4v) is 3.84. The van der Waals surface area contributed by atoms with E-state index in [1.54, 1.807) is 47.4 Å². The van der Waals surface area contributed by atoms with Gasteiger partial charge in [-0.3, -0.25) is 14.7 Å². The van der Waals surface area contributed by atoms with Gasteiger partial charge in [0.25, 0.3) is 5.91 Å². The van der Waals surface area contributed by atoms with Crippen LogP contribution in [0.5, 0.6) is 0 Å². The predicted octanol–water partition coefficient (Wildman–Crippen LogP) is 1.69. The first-order chi connectivity index (χ1) is 13.4. The number of nitrogens with zero attached hydrogens (tertiary/aromatic N) is 3. The van der Waals surface area contributed by atoms with E-state index in [9.17, 15) is 14.7 Å². The van der Waals surface area contributed by atoms with Crippen molar-refractivity contribution in [1.82, 2.24) is 20.0 Å². The average molecular weight is 380 g/mol. The second kappa shape index (κ2) is 6.60. The van der Waals surface area contributed by atoms with Crippen molar-refractivity contribution in [3.63, 3.8) is 0 Å². The zero-order valence-corrected chi connectivity index (χ0v) is 15.9. The van der Waals surface area contributed by atoms with Crippen LogP contribution < -0.4 is 0 Å². The van der Waals surface area contributed by atoms with Crippen molar-refractivity contribution < 1.29 is 14.7 Å². The van der Waals surface area contributed by atoms with Crippen LogP contribution in [0.4, 0.5) is 0 Å². The van der Waals surface area contributed by atoms with Crippen LogP contribution in [-0.2, 0) is 4.79 Å². The number of benzene rings is 1. The number of nitrogens with one attached hydrogen (secondary N) is 1. The zero-order valence-electron chi connectivity index (χ0n) is 15.9. The summed E-state index contributed by atoms with van der Waals surface area (Å²) in [6.07, 6.45) is 6.86. The van der Waals surface area contributed by atoms with E-state index in [0.29, 0.717) is 5.56 Å². The summed E-state index contributed by atoms with van der Waals surface area (Å²) in [5, 5.41) is 17.4. The van der Waals surface area contributed by atoms with Crippen LogP contribution in [0, 0.1) is 5.41 Å². The van der Waals surface area contributed by atoms with Gasteiger partial charge in [-0.05, 0) is 30.5 Å². The summed E-state index contributed by atoms with van der Waals surface area (Å²) in [7, 11) is 1.70. The Morgan fingerprint density at radius 2 is 1.96 bits per heavy atom. The number of aliphatic hydroxyl groups is 1. The molecule has 7 nitrogen and oxygen atoms in total. The molecule has 0 atom stereocenters. The van der Waals surface area contributed by atoms with Gasteiger partial charge in [-0.15, -0.1) is 6.58 Å². The van der Waals surface area contributed by atoms with E-state index in [-0.39, 0.29) is 31.4 Å². The number of carbonyl (C=O) groups is 2. The summed E-state index contributed by atoms with van der Waals surface area (Å²) >= 11 is 0. The summed E-state index contributed by atoms with van der Waals surface area (Å²) in [5.74, 6) is -0.127. The second-order valence-corrected chi connectivity index (χ2v) is 7.97. The van der Waals surface area contributed by atoms with Gasteiger partial charge < -0.3 is 14.9 Å². The van der Waals surface area contributed by atoms with Gasteiger partial charge in [0.05, 0.1) is 31.2 Å². The molecule has 2 fully saturated rings. The summed E-state index contributed by atoms with van der Waals surface area (Å²) in [6, 6.07) is 7.30. The third kappa shape index (κ3) is 3.22. The number of rotatable bonds is 6.